The van der Waals surface area contributed by atoms with Crippen LogP contribution < -0.4 is 5.73 Å². The molecule has 1 aromatic heterocycles. The molecule has 16 heavy (non-hydrogen) atoms. The van der Waals surface area contributed by atoms with E-state index in [1.54, 1.807) is 0 Å². The second kappa shape index (κ2) is 5.41. The lowest BCUT2D eigenvalue weighted by Gasteiger charge is -2.19. The van der Waals surface area contributed by atoms with Crippen molar-refractivity contribution in [2.45, 2.75) is 52.2 Å². The fourth-order valence-corrected chi connectivity index (χ4v) is 1.49. The maximum atomic E-state index is 5.90. The van der Waals surface area contributed by atoms with Crippen LogP contribution >= 0.6 is 0 Å². The van der Waals surface area contributed by atoms with E-state index in [2.05, 4.69) is 17.1 Å². The minimum Gasteiger partial charge on any atom is -0.368 e. The zero-order valence-corrected chi connectivity index (χ0v) is 10.5. The van der Waals surface area contributed by atoms with Gasteiger partial charge in [0.1, 0.15) is 5.60 Å². The van der Waals surface area contributed by atoms with Crippen LogP contribution in [-0.4, -0.2) is 16.7 Å². The van der Waals surface area contributed by atoms with Crippen molar-refractivity contribution in [3.05, 3.63) is 11.7 Å². The molecule has 0 unspecified atom stereocenters. The van der Waals surface area contributed by atoms with Crippen LogP contribution in [0.15, 0.2) is 4.52 Å². The highest BCUT2D eigenvalue weighted by atomic mass is 16.5. The van der Waals surface area contributed by atoms with E-state index >= 15 is 0 Å². The smallest absolute Gasteiger partial charge is 0.243 e. The summed E-state index contributed by atoms with van der Waals surface area (Å²) in [6.45, 7) is 8.44. The molecule has 0 saturated carbocycles. The number of ether oxygens (including phenoxy) is 1. The van der Waals surface area contributed by atoms with Crippen LogP contribution in [0, 0.1) is 0 Å². The average Bonchev–Trinajstić information content (AvgIpc) is 2.67. The van der Waals surface area contributed by atoms with Gasteiger partial charge in [0.25, 0.3) is 0 Å². The molecular weight excluding hydrogens is 206 g/mol. The van der Waals surface area contributed by atoms with Crippen molar-refractivity contribution in [3.63, 3.8) is 0 Å². The van der Waals surface area contributed by atoms with Gasteiger partial charge in [-0.1, -0.05) is 18.5 Å². The zero-order valence-electron chi connectivity index (χ0n) is 10.5. The quantitative estimate of drug-likeness (QED) is 0.805. The summed E-state index contributed by atoms with van der Waals surface area (Å²) in [7, 11) is 0. The van der Waals surface area contributed by atoms with Crippen molar-refractivity contribution in [2.75, 3.05) is 6.61 Å². The number of nitrogens with zero attached hydrogens (tertiary/aromatic N) is 2. The molecule has 1 aromatic rings. The van der Waals surface area contributed by atoms with Gasteiger partial charge in [0.05, 0.1) is 6.04 Å². The molecular formula is C11H21N3O2. The van der Waals surface area contributed by atoms with Crippen LogP contribution in [0.25, 0.3) is 0 Å². The standard InChI is InChI=1S/C11H21N3O2/c1-5-7-8(12)9-13-10(14-16-9)11(3,4)15-6-2/h8H,5-7,12H2,1-4H3/t8-/m1/s1. The van der Waals surface area contributed by atoms with Crippen molar-refractivity contribution >= 4 is 0 Å². The second-order valence-corrected chi connectivity index (χ2v) is 4.29. The maximum absolute atomic E-state index is 5.90. The molecule has 0 amide bonds. The van der Waals surface area contributed by atoms with Gasteiger partial charge in [0, 0.05) is 6.61 Å². The minimum absolute atomic E-state index is 0.177. The summed E-state index contributed by atoms with van der Waals surface area (Å²) in [4.78, 5) is 4.29. The van der Waals surface area contributed by atoms with Gasteiger partial charge in [-0.3, -0.25) is 0 Å². The van der Waals surface area contributed by atoms with E-state index in [4.69, 9.17) is 15.0 Å². The number of aromatic nitrogens is 2. The van der Waals surface area contributed by atoms with E-state index in [0.717, 1.165) is 12.8 Å². The van der Waals surface area contributed by atoms with Crippen LogP contribution in [-0.2, 0) is 10.3 Å². The van der Waals surface area contributed by atoms with Gasteiger partial charge in [-0.15, -0.1) is 0 Å². The largest absolute Gasteiger partial charge is 0.368 e. The normalized spacial score (nSPS) is 14.1. The van der Waals surface area contributed by atoms with E-state index in [9.17, 15) is 0 Å². The predicted octanol–water partition coefficient (Wildman–Crippen LogP) is 2.14. The lowest BCUT2D eigenvalue weighted by molar-refractivity contribution is -0.0221. The first-order valence-corrected chi connectivity index (χ1v) is 5.74. The second-order valence-electron chi connectivity index (χ2n) is 4.29. The molecule has 5 nitrogen and oxygen atoms in total. The molecule has 0 spiro atoms. The summed E-state index contributed by atoms with van der Waals surface area (Å²) in [5.41, 5.74) is 5.37. The minimum atomic E-state index is -0.525. The van der Waals surface area contributed by atoms with Gasteiger partial charge in [0.2, 0.25) is 11.7 Å². The van der Waals surface area contributed by atoms with E-state index in [-0.39, 0.29) is 6.04 Å². The lowest BCUT2D eigenvalue weighted by Crippen LogP contribution is -2.23. The van der Waals surface area contributed by atoms with Crippen molar-refractivity contribution < 1.29 is 9.26 Å². The highest BCUT2D eigenvalue weighted by Gasteiger charge is 2.28. The zero-order chi connectivity index (χ0) is 12.2. The van der Waals surface area contributed by atoms with Gasteiger partial charge in [0.15, 0.2) is 0 Å². The molecule has 0 aliphatic carbocycles. The average molecular weight is 227 g/mol. The molecule has 0 aliphatic heterocycles. The highest BCUT2D eigenvalue weighted by Crippen LogP contribution is 2.23. The third-order valence-corrected chi connectivity index (χ3v) is 2.40. The van der Waals surface area contributed by atoms with Crippen molar-refractivity contribution in [3.8, 4) is 0 Å². The maximum Gasteiger partial charge on any atom is 0.243 e. The van der Waals surface area contributed by atoms with Crippen LogP contribution in [0.3, 0.4) is 0 Å². The predicted molar refractivity (Wildman–Crippen MR) is 60.8 cm³/mol. The molecule has 2 N–H and O–H groups in total. The Labute approximate surface area is 96.4 Å². The Bertz CT molecular complexity index is 323. The lowest BCUT2D eigenvalue weighted by atomic mass is 10.1. The number of hydrogen-bond acceptors (Lipinski definition) is 5. The number of rotatable bonds is 6. The van der Waals surface area contributed by atoms with Crippen molar-refractivity contribution in [1.29, 1.82) is 0 Å². The molecule has 0 fully saturated rings. The fraction of sp³-hybridized carbons (Fsp3) is 0.818. The van der Waals surface area contributed by atoms with Crippen molar-refractivity contribution in [1.82, 2.24) is 10.1 Å². The first-order chi connectivity index (χ1) is 7.51. The third kappa shape index (κ3) is 3.02. The SMILES string of the molecule is CCC[C@@H](N)c1nc(C(C)(C)OCC)no1. The Morgan fingerprint density at radius 2 is 2.12 bits per heavy atom. The Balaban J connectivity index is 2.78. The molecule has 92 valence electrons. The number of hydrogen-bond donors (Lipinski definition) is 1. The molecule has 0 radical (unpaired) electrons. The topological polar surface area (TPSA) is 74.2 Å². The van der Waals surface area contributed by atoms with Crippen LogP contribution in [0.2, 0.25) is 0 Å². The van der Waals surface area contributed by atoms with E-state index in [0.29, 0.717) is 18.3 Å². The Kier molecular flexibility index (Phi) is 4.44. The molecule has 0 bridgehead atoms. The van der Waals surface area contributed by atoms with Gasteiger partial charge in [-0.05, 0) is 27.2 Å². The van der Waals surface area contributed by atoms with Crippen LogP contribution in [0.5, 0.6) is 0 Å². The van der Waals surface area contributed by atoms with Crippen LogP contribution in [0.4, 0.5) is 0 Å². The summed E-state index contributed by atoms with van der Waals surface area (Å²) < 4.78 is 10.7. The summed E-state index contributed by atoms with van der Waals surface area (Å²) in [6, 6.07) is -0.177. The summed E-state index contributed by atoms with van der Waals surface area (Å²) in [6.07, 6.45) is 1.84. The summed E-state index contributed by atoms with van der Waals surface area (Å²) >= 11 is 0. The molecule has 5 heteroatoms. The molecule has 1 atom stereocenters. The molecule has 1 rings (SSSR count). The van der Waals surface area contributed by atoms with Gasteiger partial charge < -0.3 is 15.0 Å². The Morgan fingerprint density at radius 3 is 2.69 bits per heavy atom. The van der Waals surface area contributed by atoms with Gasteiger partial charge in [-0.2, -0.15) is 4.98 Å². The first kappa shape index (κ1) is 13.1. The highest BCUT2D eigenvalue weighted by molar-refractivity contribution is 4.99. The molecule has 1 heterocycles. The Morgan fingerprint density at radius 1 is 1.44 bits per heavy atom. The third-order valence-electron chi connectivity index (χ3n) is 2.40. The fourth-order valence-electron chi connectivity index (χ4n) is 1.49. The monoisotopic (exact) mass is 227 g/mol. The molecule has 0 aliphatic rings. The molecule has 0 saturated heterocycles. The summed E-state index contributed by atoms with van der Waals surface area (Å²) in [5, 5.41) is 3.92. The summed E-state index contributed by atoms with van der Waals surface area (Å²) in [5.74, 6) is 1.04. The number of nitrogens with two attached hydrogens (primary N) is 1. The van der Waals surface area contributed by atoms with E-state index < -0.39 is 5.60 Å². The Hall–Kier alpha value is -0.940. The van der Waals surface area contributed by atoms with Crippen molar-refractivity contribution in [2.24, 2.45) is 5.73 Å². The first-order valence-electron chi connectivity index (χ1n) is 5.74. The molecule has 0 aromatic carbocycles. The van der Waals surface area contributed by atoms with Crippen LogP contribution in [0.1, 0.15) is 58.3 Å². The van der Waals surface area contributed by atoms with E-state index in [1.807, 2.05) is 20.8 Å². The van der Waals surface area contributed by atoms with Gasteiger partial charge >= 0.3 is 0 Å². The van der Waals surface area contributed by atoms with E-state index in [1.165, 1.54) is 0 Å². The van der Waals surface area contributed by atoms with Gasteiger partial charge in [-0.25, -0.2) is 0 Å².